The van der Waals surface area contributed by atoms with E-state index in [4.69, 9.17) is 22.9 Å². The van der Waals surface area contributed by atoms with Crippen LogP contribution >= 0.6 is 0 Å². The first-order valence-corrected chi connectivity index (χ1v) is 13.7. The lowest BCUT2D eigenvalue weighted by molar-refractivity contribution is -0.133. The van der Waals surface area contributed by atoms with E-state index in [1.54, 1.807) is 30.3 Å². The van der Waals surface area contributed by atoms with E-state index in [-0.39, 0.29) is 63.6 Å². The van der Waals surface area contributed by atoms with Gasteiger partial charge >= 0.3 is 0 Å². The molecule has 0 saturated carbocycles. The fourth-order valence-electron chi connectivity index (χ4n) is 4.57. The highest BCUT2D eigenvalue weighted by Gasteiger charge is 2.30. The van der Waals surface area contributed by atoms with Crippen molar-refractivity contribution in [1.82, 2.24) is 21.3 Å². The van der Waals surface area contributed by atoms with Gasteiger partial charge in [-0.15, -0.1) is 0 Å². The van der Waals surface area contributed by atoms with E-state index < -0.39 is 42.0 Å². The van der Waals surface area contributed by atoms with Crippen molar-refractivity contribution in [3.8, 4) is 16.9 Å². The summed E-state index contributed by atoms with van der Waals surface area (Å²) in [6.07, 6.45) is -1.47. The first-order valence-electron chi connectivity index (χ1n) is 13.7. The summed E-state index contributed by atoms with van der Waals surface area (Å²) in [5, 5.41) is 31.3. The normalized spacial score (nSPS) is 19.9. The summed E-state index contributed by atoms with van der Waals surface area (Å²) in [5.41, 5.74) is 25.2. The van der Waals surface area contributed by atoms with E-state index in [0.717, 1.165) is 0 Å². The lowest BCUT2D eigenvalue weighted by atomic mass is 9.93. The molecular formula is C28H40N8O6. The second-order valence-corrected chi connectivity index (χ2v) is 10.1. The third-order valence-corrected chi connectivity index (χ3v) is 6.80. The molecular weight excluding hydrogens is 544 g/mol. The van der Waals surface area contributed by atoms with Crippen molar-refractivity contribution in [3.63, 3.8) is 0 Å². The monoisotopic (exact) mass is 584 g/mol. The van der Waals surface area contributed by atoms with Crippen LogP contribution in [0.3, 0.4) is 0 Å². The number of phenolic OH excluding ortho intramolecular Hbond substituents is 1. The van der Waals surface area contributed by atoms with Crippen LogP contribution in [0, 0.1) is 0 Å². The number of aromatic hydroxyl groups is 1. The number of nitrogens with two attached hydrogens (primary N) is 4. The highest BCUT2D eigenvalue weighted by Crippen LogP contribution is 2.29. The number of phenols is 1. The molecule has 4 atom stereocenters. The average Bonchev–Trinajstić information content (AvgIpc) is 2.98. The standard InChI is InChI=1S/C28H40N8O6/c29-3-5-33-25(39)19-8-15-7-17(11-19)16-1-2-24(38)18(10-16)12-21(32)26(40)35-23(13-20(37)14-31)28(42)36-22(9-15)27(41)34-6-4-30/h1-2,7-8,10-11,20-23,37-38H,3-6,9,12-14,29-32H2,(H,33,39)(H,34,41)(H,35,40)(H,36,42)/t20-,21+,22+,23+/m1/s1. The summed E-state index contributed by atoms with van der Waals surface area (Å²) in [4.78, 5) is 52.6. The van der Waals surface area contributed by atoms with Crippen LogP contribution in [0.4, 0.5) is 0 Å². The molecule has 4 amide bonds. The van der Waals surface area contributed by atoms with Crippen molar-refractivity contribution in [2.24, 2.45) is 22.9 Å². The largest absolute Gasteiger partial charge is 0.508 e. The maximum atomic E-state index is 13.4. The quantitative estimate of drug-likeness (QED) is 0.142. The molecule has 14 heteroatoms. The molecule has 4 bridgehead atoms. The molecule has 1 aliphatic heterocycles. The van der Waals surface area contributed by atoms with Gasteiger partial charge in [0.1, 0.15) is 17.8 Å². The van der Waals surface area contributed by atoms with Crippen LogP contribution in [0.1, 0.15) is 27.9 Å². The minimum Gasteiger partial charge on any atom is -0.508 e. The summed E-state index contributed by atoms with van der Waals surface area (Å²) in [6, 6.07) is 6.22. The third-order valence-electron chi connectivity index (χ3n) is 6.80. The fourth-order valence-corrected chi connectivity index (χ4v) is 4.57. The van der Waals surface area contributed by atoms with Gasteiger partial charge in [0.2, 0.25) is 17.7 Å². The first-order chi connectivity index (χ1) is 20.1. The predicted molar refractivity (Wildman–Crippen MR) is 156 cm³/mol. The molecule has 14 N–H and O–H groups in total. The second-order valence-electron chi connectivity index (χ2n) is 10.1. The van der Waals surface area contributed by atoms with Crippen LogP contribution < -0.4 is 44.2 Å². The van der Waals surface area contributed by atoms with E-state index >= 15 is 0 Å². The molecule has 1 heterocycles. The number of aliphatic hydroxyl groups is 1. The molecule has 228 valence electrons. The third kappa shape index (κ3) is 8.71. The molecule has 2 aromatic carbocycles. The Kier molecular flexibility index (Phi) is 11.8. The Morgan fingerprint density at radius 2 is 1.64 bits per heavy atom. The first kappa shape index (κ1) is 32.4. The van der Waals surface area contributed by atoms with Crippen LogP contribution in [0.15, 0.2) is 36.4 Å². The maximum Gasteiger partial charge on any atom is 0.251 e. The molecule has 3 rings (SSSR count). The Labute approximate surface area is 243 Å². The van der Waals surface area contributed by atoms with Crippen molar-refractivity contribution in [2.45, 2.75) is 43.5 Å². The van der Waals surface area contributed by atoms with E-state index in [2.05, 4.69) is 21.3 Å². The number of benzene rings is 2. The van der Waals surface area contributed by atoms with Crippen molar-refractivity contribution < 1.29 is 29.4 Å². The average molecular weight is 585 g/mol. The molecule has 0 fully saturated rings. The lowest BCUT2D eigenvalue weighted by Gasteiger charge is -2.25. The number of hydrogen-bond acceptors (Lipinski definition) is 10. The summed E-state index contributed by atoms with van der Waals surface area (Å²) in [7, 11) is 0. The zero-order valence-electron chi connectivity index (χ0n) is 23.3. The minimum absolute atomic E-state index is 0.0300. The molecule has 1 aliphatic rings. The molecule has 0 unspecified atom stereocenters. The fraction of sp³-hybridized carbons (Fsp3) is 0.429. The Balaban J connectivity index is 2.16. The maximum absolute atomic E-state index is 13.4. The summed E-state index contributed by atoms with van der Waals surface area (Å²) in [6.45, 7) is 0.624. The Bertz CT molecular complexity index is 1290. The Morgan fingerprint density at radius 3 is 2.33 bits per heavy atom. The lowest BCUT2D eigenvalue weighted by Crippen LogP contribution is -2.57. The van der Waals surface area contributed by atoms with Crippen LogP contribution in [0.25, 0.3) is 11.1 Å². The molecule has 14 nitrogen and oxygen atoms in total. The topological polar surface area (TPSA) is 261 Å². The van der Waals surface area contributed by atoms with Gasteiger partial charge in [-0.1, -0.05) is 12.1 Å². The van der Waals surface area contributed by atoms with Crippen molar-refractivity contribution >= 4 is 23.6 Å². The number of amides is 4. The van der Waals surface area contributed by atoms with Crippen molar-refractivity contribution in [1.29, 1.82) is 0 Å². The molecule has 0 aliphatic carbocycles. The number of carbonyl (C=O) groups excluding carboxylic acids is 4. The van der Waals surface area contributed by atoms with Gasteiger partial charge in [0.25, 0.3) is 5.91 Å². The van der Waals surface area contributed by atoms with Gasteiger partial charge in [0, 0.05) is 57.5 Å². The number of aliphatic hydroxyl groups excluding tert-OH is 1. The summed E-state index contributed by atoms with van der Waals surface area (Å²) in [5.74, 6) is -2.46. The van der Waals surface area contributed by atoms with Gasteiger partial charge in [-0.25, -0.2) is 0 Å². The number of fused-ring (bicyclic) bond motifs is 5. The van der Waals surface area contributed by atoms with Crippen LogP contribution in [-0.4, -0.2) is 90.8 Å². The second kappa shape index (κ2) is 15.2. The molecule has 2 aromatic rings. The molecule has 42 heavy (non-hydrogen) atoms. The highest BCUT2D eigenvalue weighted by molar-refractivity contribution is 5.96. The van der Waals surface area contributed by atoms with Crippen LogP contribution in [0.5, 0.6) is 5.75 Å². The summed E-state index contributed by atoms with van der Waals surface area (Å²) >= 11 is 0. The highest BCUT2D eigenvalue weighted by atomic mass is 16.3. The SMILES string of the molecule is NCCNC(=O)c1cc2cc(c1)-c1ccc(O)c(c1)C[C@H](N)C(=O)N[C@@H](C[C@@H](O)CN)C(=O)N[C@H](C(=O)NCCN)C2. The van der Waals surface area contributed by atoms with Gasteiger partial charge in [-0.05, 0) is 46.5 Å². The zero-order valence-corrected chi connectivity index (χ0v) is 23.3. The van der Waals surface area contributed by atoms with E-state index in [1.165, 1.54) is 6.07 Å². The van der Waals surface area contributed by atoms with Gasteiger partial charge in [0.15, 0.2) is 0 Å². The zero-order chi connectivity index (χ0) is 30.8. The predicted octanol–water partition coefficient (Wildman–Crippen LogP) is -3.07. The van der Waals surface area contributed by atoms with Gasteiger partial charge in [0.05, 0.1) is 12.1 Å². The van der Waals surface area contributed by atoms with E-state index in [1.807, 2.05) is 0 Å². The number of hydrogen-bond donors (Lipinski definition) is 10. The Morgan fingerprint density at radius 1 is 0.929 bits per heavy atom. The molecule has 0 aromatic heterocycles. The van der Waals surface area contributed by atoms with Crippen molar-refractivity contribution in [2.75, 3.05) is 32.7 Å². The van der Waals surface area contributed by atoms with E-state index in [9.17, 15) is 29.4 Å². The van der Waals surface area contributed by atoms with Gasteiger partial charge in [-0.3, -0.25) is 19.2 Å². The molecule has 0 saturated heterocycles. The number of nitrogens with one attached hydrogen (secondary N) is 4. The number of rotatable bonds is 9. The summed E-state index contributed by atoms with van der Waals surface area (Å²) < 4.78 is 0. The van der Waals surface area contributed by atoms with Crippen LogP contribution in [0.2, 0.25) is 0 Å². The van der Waals surface area contributed by atoms with Gasteiger partial charge in [-0.2, -0.15) is 0 Å². The van der Waals surface area contributed by atoms with Crippen molar-refractivity contribution in [3.05, 3.63) is 53.1 Å². The Hall–Kier alpha value is -4.08. The molecule has 0 spiro atoms. The van der Waals surface area contributed by atoms with E-state index in [0.29, 0.717) is 27.8 Å². The van der Waals surface area contributed by atoms with Gasteiger partial charge < -0.3 is 54.4 Å². The number of carbonyl (C=O) groups is 4. The smallest absolute Gasteiger partial charge is 0.251 e. The molecule has 0 radical (unpaired) electrons. The van der Waals surface area contributed by atoms with Crippen LogP contribution in [-0.2, 0) is 27.2 Å². The minimum atomic E-state index is -1.28.